The lowest BCUT2D eigenvalue weighted by Crippen LogP contribution is -2.49. The Morgan fingerprint density at radius 2 is 1.53 bits per heavy atom. The molecule has 2 aromatic carbocycles. The van der Waals surface area contributed by atoms with Crippen molar-refractivity contribution in [3.8, 4) is 5.69 Å². The van der Waals surface area contributed by atoms with E-state index in [2.05, 4.69) is 27.4 Å². The topological polar surface area (TPSA) is 70.5 Å². The van der Waals surface area contributed by atoms with Crippen LogP contribution in [-0.2, 0) is 9.59 Å². The Hall–Kier alpha value is -3.87. The van der Waals surface area contributed by atoms with Gasteiger partial charge in [-0.25, -0.2) is 4.68 Å². The Balaban J connectivity index is 1.23. The fourth-order valence-corrected chi connectivity index (χ4v) is 4.24. The zero-order valence-corrected chi connectivity index (χ0v) is 19.8. The number of rotatable bonds is 7. The molecule has 1 aliphatic rings. The van der Waals surface area contributed by atoms with Crippen LogP contribution in [0.2, 0.25) is 0 Å². The summed E-state index contributed by atoms with van der Waals surface area (Å²) in [6.07, 6.45) is 3.60. The molecule has 1 N–H and O–H groups in total. The molecule has 4 rings (SSSR count). The minimum absolute atomic E-state index is 0.0767. The quantitative estimate of drug-likeness (QED) is 0.553. The van der Waals surface area contributed by atoms with Crippen LogP contribution in [0, 0.1) is 13.8 Å². The highest BCUT2D eigenvalue weighted by atomic mass is 16.2. The van der Waals surface area contributed by atoms with Gasteiger partial charge in [-0.3, -0.25) is 9.59 Å². The molecule has 0 bridgehead atoms. The number of aromatic nitrogens is 2. The van der Waals surface area contributed by atoms with Crippen LogP contribution in [0.15, 0.2) is 66.7 Å². The second kappa shape index (κ2) is 10.8. The first kappa shape index (κ1) is 23.3. The van der Waals surface area contributed by atoms with Gasteiger partial charge in [0.05, 0.1) is 11.4 Å². The maximum absolute atomic E-state index is 12.6. The van der Waals surface area contributed by atoms with E-state index >= 15 is 0 Å². The lowest BCUT2D eigenvalue weighted by molar-refractivity contribution is -0.131. The normalized spacial score (nSPS) is 13.9. The molecule has 176 valence electrons. The lowest BCUT2D eigenvalue weighted by Gasteiger charge is -2.36. The number of anilines is 1. The van der Waals surface area contributed by atoms with Gasteiger partial charge in [-0.1, -0.05) is 36.4 Å². The summed E-state index contributed by atoms with van der Waals surface area (Å²) in [6.45, 7) is 7.28. The van der Waals surface area contributed by atoms with E-state index in [0.29, 0.717) is 26.1 Å². The summed E-state index contributed by atoms with van der Waals surface area (Å²) in [7, 11) is 0. The van der Waals surface area contributed by atoms with Gasteiger partial charge in [-0.15, -0.1) is 0 Å². The molecule has 0 radical (unpaired) electrons. The fraction of sp³-hybridized carbons (Fsp3) is 0.296. The second-order valence-corrected chi connectivity index (χ2v) is 8.41. The van der Waals surface area contributed by atoms with Gasteiger partial charge in [-0.2, -0.15) is 5.10 Å². The minimum Gasteiger partial charge on any atom is -0.368 e. The molecule has 0 saturated carbocycles. The average molecular weight is 458 g/mol. The summed E-state index contributed by atoms with van der Waals surface area (Å²) >= 11 is 0. The summed E-state index contributed by atoms with van der Waals surface area (Å²) < 4.78 is 1.88. The Labute approximate surface area is 200 Å². The summed E-state index contributed by atoms with van der Waals surface area (Å²) in [6, 6.07) is 20.2. The Bertz CT molecular complexity index is 1150. The van der Waals surface area contributed by atoms with Gasteiger partial charge in [-0.05, 0) is 44.2 Å². The van der Waals surface area contributed by atoms with Crippen molar-refractivity contribution in [2.75, 3.05) is 37.6 Å². The summed E-state index contributed by atoms with van der Waals surface area (Å²) in [4.78, 5) is 29.0. The van der Waals surface area contributed by atoms with Crippen molar-refractivity contribution in [1.29, 1.82) is 0 Å². The van der Waals surface area contributed by atoms with Gasteiger partial charge in [0.25, 0.3) is 0 Å². The number of piperazine rings is 1. The van der Waals surface area contributed by atoms with E-state index in [1.807, 2.05) is 72.0 Å². The predicted molar refractivity (Wildman–Crippen MR) is 135 cm³/mol. The highest BCUT2D eigenvalue weighted by molar-refractivity contribution is 5.92. The first-order valence-corrected chi connectivity index (χ1v) is 11.7. The average Bonchev–Trinajstić information content (AvgIpc) is 3.16. The number of nitrogens with zero attached hydrogens (tertiary/aromatic N) is 4. The molecule has 7 heteroatoms. The molecule has 34 heavy (non-hydrogen) atoms. The van der Waals surface area contributed by atoms with E-state index in [1.165, 1.54) is 11.8 Å². The van der Waals surface area contributed by atoms with E-state index in [4.69, 9.17) is 0 Å². The van der Waals surface area contributed by atoms with E-state index in [9.17, 15) is 9.59 Å². The number of para-hydroxylation sites is 2. The SMILES string of the molecule is Cc1nn(-c2ccccc2)c(C)c1/C=C/C(=O)NCCC(=O)N1CCN(c2ccccc2)CC1. The number of hydrogen-bond donors (Lipinski definition) is 1. The first-order valence-electron chi connectivity index (χ1n) is 11.7. The van der Waals surface area contributed by atoms with E-state index in [1.54, 1.807) is 6.08 Å². The number of carbonyl (C=O) groups excluding carboxylic acids is 2. The van der Waals surface area contributed by atoms with Crippen LogP contribution < -0.4 is 10.2 Å². The summed E-state index contributed by atoms with van der Waals surface area (Å²) in [5, 5.41) is 7.42. The fourth-order valence-electron chi connectivity index (χ4n) is 4.24. The van der Waals surface area contributed by atoms with E-state index in [0.717, 1.165) is 35.7 Å². The third-order valence-electron chi connectivity index (χ3n) is 6.14. The molecule has 1 aliphatic heterocycles. The molecule has 1 saturated heterocycles. The molecule has 3 aromatic rings. The largest absolute Gasteiger partial charge is 0.368 e. The van der Waals surface area contributed by atoms with E-state index in [-0.39, 0.29) is 11.8 Å². The predicted octanol–water partition coefficient (Wildman–Crippen LogP) is 3.36. The highest BCUT2D eigenvalue weighted by Crippen LogP contribution is 2.19. The van der Waals surface area contributed by atoms with Crippen molar-refractivity contribution in [1.82, 2.24) is 20.0 Å². The molecule has 2 heterocycles. The minimum atomic E-state index is -0.215. The standard InChI is InChI=1S/C27H31N5O2/c1-21-25(22(2)32(29-21)24-11-7-4-8-12-24)13-14-26(33)28-16-15-27(34)31-19-17-30(18-20-31)23-9-5-3-6-10-23/h3-14H,15-20H2,1-2H3,(H,28,33)/b14-13+. The summed E-state index contributed by atoms with van der Waals surface area (Å²) in [5.74, 6) is -0.138. The van der Waals surface area contributed by atoms with Crippen LogP contribution in [0.3, 0.4) is 0 Å². The zero-order valence-electron chi connectivity index (χ0n) is 19.8. The van der Waals surface area contributed by atoms with Crippen LogP contribution in [0.5, 0.6) is 0 Å². The Morgan fingerprint density at radius 3 is 2.18 bits per heavy atom. The molecule has 0 unspecified atom stereocenters. The number of hydrogen-bond acceptors (Lipinski definition) is 4. The van der Waals surface area contributed by atoms with Crippen molar-refractivity contribution >= 4 is 23.6 Å². The molecule has 0 aliphatic carbocycles. The number of aryl methyl sites for hydroxylation is 1. The van der Waals surface area contributed by atoms with Gasteiger partial charge in [0, 0.05) is 62.2 Å². The lowest BCUT2D eigenvalue weighted by atomic mass is 10.2. The van der Waals surface area contributed by atoms with Gasteiger partial charge in [0.2, 0.25) is 11.8 Å². The molecular weight excluding hydrogens is 426 g/mol. The molecule has 7 nitrogen and oxygen atoms in total. The third-order valence-corrected chi connectivity index (χ3v) is 6.14. The number of amides is 2. The Morgan fingerprint density at radius 1 is 0.912 bits per heavy atom. The van der Waals surface area contributed by atoms with Crippen LogP contribution in [0.4, 0.5) is 5.69 Å². The van der Waals surface area contributed by atoms with Crippen molar-refractivity contribution in [2.45, 2.75) is 20.3 Å². The van der Waals surface area contributed by atoms with Crippen molar-refractivity contribution < 1.29 is 9.59 Å². The van der Waals surface area contributed by atoms with Crippen LogP contribution in [0.25, 0.3) is 11.8 Å². The molecule has 1 fully saturated rings. The first-order chi connectivity index (χ1) is 16.5. The maximum Gasteiger partial charge on any atom is 0.244 e. The number of benzene rings is 2. The van der Waals surface area contributed by atoms with Crippen molar-refractivity contribution in [2.24, 2.45) is 0 Å². The number of nitrogens with one attached hydrogen (secondary N) is 1. The van der Waals surface area contributed by atoms with Gasteiger partial charge >= 0.3 is 0 Å². The highest BCUT2D eigenvalue weighted by Gasteiger charge is 2.21. The monoisotopic (exact) mass is 457 g/mol. The summed E-state index contributed by atoms with van der Waals surface area (Å²) in [5.41, 5.74) is 4.92. The Kier molecular flexibility index (Phi) is 7.42. The van der Waals surface area contributed by atoms with Gasteiger partial charge in [0.1, 0.15) is 0 Å². The van der Waals surface area contributed by atoms with Crippen LogP contribution >= 0.6 is 0 Å². The molecule has 0 spiro atoms. The smallest absolute Gasteiger partial charge is 0.244 e. The van der Waals surface area contributed by atoms with Crippen molar-refractivity contribution in [3.63, 3.8) is 0 Å². The van der Waals surface area contributed by atoms with Crippen LogP contribution in [-0.4, -0.2) is 59.2 Å². The number of carbonyl (C=O) groups is 2. The van der Waals surface area contributed by atoms with Gasteiger partial charge < -0.3 is 15.1 Å². The van der Waals surface area contributed by atoms with E-state index < -0.39 is 0 Å². The second-order valence-electron chi connectivity index (χ2n) is 8.41. The molecular formula is C27H31N5O2. The van der Waals surface area contributed by atoms with Crippen LogP contribution in [0.1, 0.15) is 23.4 Å². The molecule has 1 aromatic heterocycles. The van der Waals surface area contributed by atoms with Crippen molar-refractivity contribution in [3.05, 3.63) is 83.7 Å². The maximum atomic E-state index is 12.6. The van der Waals surface area contributed by atoms with Gasteiger partial charge in [0.15, 0.2) is 0 Å². The molecule has 0 atom stereocenters. The molecule has 2 amide bonds. The third kappa shape index (κ3) is 5.54. The zero-order chi connectivity index (χ0) is 23.9.